The summed E-state index contributed by atoms with van der Waals surface area (Å²) in [7, 11) is 0. The van der Waals surface area contributed by atoms with E-state index in [0.29, 0.717) is 32.2 Å². The summed E-state index contributed by atoms with van der Waals surface area (Å²) in [4.78, 5) is 23.3. The van der Waals surface area contributed by atoms with Gasteiger partial charge in [-0.2, -0.15) is 0 Å². The van der Waals surface area contributed by atoms with Crippen molar-refractivity contribution >= 4 is 34.9 Å². The van der Waals surface area contributed by atoms with Gasteiger partial charge in [-0.25, -0.2) is 5.48 Å². The van der Waals surface area contributed by atoms with Gasteiger partial charge in [0.25, 0.3) is 0 Å². The van der Waals surface area contributed by atoms with Crippen LogP contribution >= 0.6 is 23.1 Å². The van der Waals surface area contributed by atoms with Crippen molar-refractivity contribution in [3.8, 4) is 11.1 Å². The minimum absolute atomic E-state index is 0.00296. The Balaban J connectivity index is 1.22. The van der Waals surface area contributed by atoms with Crippen molar-refractivity contribution in [3.05, 3.63) is 100 Å². The van der Waals surface area contributed by atoms with Gasteiger partial charge in [-0.15, -0.1) is 10.2 Å². The van der Waals surface area contributed by atoms with E-state index in [0.717, 1.165) is 48.5 Å². The molecule has 12 heteroatoms. The van der Waals surface area contributed by atoms with E-state index in [9.17, 15) is 14.7 Å². The molecule has 3 aromatic carbocycles. The van der Waals surface area contributed by atoms with Crippen LogP contribution in [0.2, 0.25) is 0 Å². The van der Waals surface area contributed by atoms with Gasteiger partial charge in [0.1, 0.15) is 5.01 Å². The Kier molecular flexibility index (Phi) is 12.3. The molecule has 0 radical (unpaired) electrons. The van der Waals surface area contributed by atoms with E-state index in [1.54, 1.807) is 28.6 Å². The van der Waals surface area contributed by atoms with Gasteiger partial charge in [-0.1, -0.05) is 89.8 Å². The summed E-state index contributed by atoms with van der Waals surface area (Å²) < 4.78 is 13.9. The fraction of sp³-hybridized carbons (Fsp3) is 0.353. The van der Waals surface area contributed by atoms with Gasteiger partial charge in [0.05, 0.1) is 18.8 Å². The van der Waals surface area contributed by atoms with Crippen molar-refractivity contribution in [1.29, 1.82) is 0 Å². The summed E-state index contributed by atoms with van der Waals surface area (Å²) in [5, 5.41) is 30.3. The van der Waals surface area contributed by atoms with Gasteiger partial charge in [0, 0.05) is 37.1 Å². The lowest BCUT2D eigenvalue weighted by Crippen LogP contribution is -2.31. The molecule has 0 spiro atoms. The van der Waals surface area contributed by atoms with Crippen molar-refractivity contribution in [2.45, 2.75) is 75.0 Å². The van der Waals surface area contributed by atoms with Crippen LogP contribution in [0.5, 0.6) is 0 Å². The van der Waals surface area contributed by atoms with Gasteiger partial charge in [0.15, 0.2) is 10.6 Å². The minimum atomic E-state index is -0.549. The minimum Gasteiger partial charge on any atom is -0.392 e. The number of aryl methyl sites for hydroxylation is 1. The number of hydrogen-bond acceptors (Lipinski definition) is 10. The molecule has 0 saturated carbocycles. The molecule has 1 aliphatic heterocycles. The zero-order valence-corrected chi connectivity index (χ0v) is 27.2. The molecular weight excluding hydrogens is 625 g/mol. The van der Waals surface area contributed by atoms with Crippen LogP contribution < -0.4 is 10.8 Å². The molecule has 242 valence electrons. The summed E-state index contributed by atoms with van der Waals surface area (Å²) in [6.45, 7) is 2.35. The maximum atomic E-state index is 12.3. The number of benzene rings is 3. The Bertz CT molecular complexity index is 1580. The number of carbonyl (C=O) groups is 2. The number of nitrogens with one attached hydrogen (secondary N) is 2. The van der Waals surface area contributed by atoms with Crippen LogP contribution in [-0.2, 0) is 32.2 Å². The van der Waals surface area contributed by atoms with E-state index in [1.165, 1.54) is 0 Å². The summed E-state index contributed by atoms with van der Waals surface area (Å²) in [5.74, 6) is 0.198. The van der Waals surface area contributed by atoms with Crippen LogP contribution in [0.1, 0.15) is 71.8 Å². The van der Waals surface area contributed by atoms with Crippen LogP contribution in [0.3, 0.4) is 0 Å². The topological polar surface area (TPSA) is 143 Å². The predicted octanol–water partition coefficient (Wildman–Crippen LogP) is 6.03. The zero-order valence-electron chi connectivity index (χ0n) is 25.6. The molecule has 1 fully saturated rings. The fourth-order valence-corrected chi connectivity index (χ4v) is 6.99. The number of thioether (sulfide) groups is 1. The second-order valence-electron chi connectivity index (χ2n) is 11.1. The molecule has 1 aromatic heterocycles. The van der Waals surface area contributed by atoms with Crippen LogP contribution in [0.25, 0.3) is 11.1 Å². The first-order valence-corrected chi connectivity index (χ1v) is 17.0. The first kappa shape index (κ1) is 33.7. The lowest BCUT2D eigenvalue weighted by molar-refractivity contribution is -0.245. The molecule has 4 aromatic rings. The highest BCUT2D eigenvalue weighted by molar-refractivity contribution is 8.01. The number of carbonyl (C=O) groups excluding carboxylic acids is 2. The van der Waals surface area contributed by atoms with E-state index >= 15 is 0 Å². The average Bonchev–Trinajstić information content (AvgIpc) is 3.53. The maximum Gasteiger partial charge on any atom is 0.243 e. The Labute approximate surface area is 276 Å². The SMILES string of the molecule is Cc1nnc(SC[C@@H]2C[C@H](c3ccc(CO)cc3)O[C@H](c3ccc(-c4cccc(CNC(=O)CCCCC(=O)NO)c4)cc3)O2)s1. The van der Waals surface area contributed by atoms with Gasteiger partial charge in [-0.3, -0.25) is 14.8 Å². The molecule has 4 N–H and O–H groups in total. The van der Waals surface area contributed by atoms with Crippen LogP contribution in [-0.4, -0.2) is 44.2 Å². The number of nitrogens with zero attached hydrogens (tertiary/aromatic N) is 2. The molecule has 1 saturated heterocycles. The first-order valence-electron chi connectivity index (χ1n) is 15.2. The molecular formula is C34H38N4O6S2. The van der Waals surface area contributed by atoms with E-state index in [-0.39, 0.29) is 31.1 Å². The van der Waals surface area contributed by atoms with Crippen molar-refractivity contribution in [2.75, 3.05) is 5.75 Å². The smallest absolute Gasteiger partial charge is 0.243 e. The van der Waals surface area contributed by atoms with Crippen LogP contribution in [0.4, 0.5) is 0 Å². The molecule has 5 rings (SSSR count). The van der Waals surface area contributed by atoms with E-state index in [2.05, 4.69) is 33.7 Å². The summed E-state index contributed by atoms with van der Waals surface area (Å²) in [6, 6.07) is 24.1. The van der Waals surface area contributed by atoms with Crippen LogP contribution in [0, 0.1) is 6.92 Å². The molecule has 2 amide bonds. The number of ether oxygens (including phenoxy) is 2. The largest absolute Gasteiger partial charge is 0.392 e. The number of hydrogen-bond donors (Lipinski definition) is 4. The molecule has 2 heterocycles. The Morgan fingerprint density at radius 1 is 0.913 bits per heavy atom. The zero-order chi connectivity index (χ0) is 32.3. The fourth-order valence-electron chi connectivity index (χ4n) is 5.13. The second-order valence-corrected chi connectivity index (χ2v) is 13.5. The third-order valence-corrected chi connectivity index (χ3v) is 9.73. The summed E-state index contributed by atoms with van der Waals surface area (Å²) >= 11 is 3.22. The molecule has 0 aliphatic carbocycles. The van der Waals surface area contributed by atoms with Gasteiger partial charge in [0.2, 0.25) is 11.8 Å². The normalized spacial score (nSPS) is 17.8. The molecule has 10 nitrogen and oxygen atoms in total. The van der Waals surface area contributed by atoms with Crippen molar-refractivity contribution < 1.29 is 29.4 Å². The third kappa shape index (κ3) is 9.68. The van der Waals surface area contributed by atoms with E-state index in [1.807, 2.05) is 61.5 Å². The highest BCUT2D eigenvalue weighted by Crippen LogP contribution is 2.40. The Morgan fingerprint density at radius 3 is 2.35 bits per heavy atom. The monoisotopic (exact) mass is 662 g/mol. The first-order chi connectivity index (χ1) is 22.4. The van der Waals surface area contributed by atoms with Gasteiger partial charge < -0.3 is 19.9 Å². The summed E-state index contributed by atoms with van der Waals surface area (Å²) in [6.07, 6.45) is 1.52. The number of aromatic nitrogens is 2. The molecule has 3 atom stereocenters. The number of amides is 2. The van der Waals surface area contributed by atoms with Crippen molar-refractivity contribution in [3.63, 3.8) is 0 Å². The number of unbranched alkanes of at least 4 members (excludes halogenated alkanes) is 1. The van der Waals surface area contributed by atoms with Gasteiger partial charge >= 0.3 is 0 Å². The molecule has 0 bridgehead atoms. The van der Waals surface area contributed by atoms with Crippen molar-refractivity contribution in [2.24, 2.45) is 0 Å². The number of hydroxylamine groups is 1. The summed E-state index contributed by atoms with van der Waals surface area (Å²) in [5.41, 5.74) is 7.46. The predicted molar refractivity (Wildman–Crippen MR) is 176 cm³/mol. The number of rotatable bonds is 14. The number of aliphatic hydroxyl groups excluding tert-OH is 1. The molecule has 46 heavy (non-hydrogen) atoms. The molecule has 1 aliphatic rings. The third-order valence-electron chi connectivity index (χ3n) is 7.63. The van der Waals surface area contributed by atoms with Crippen LogP contribution in [0.15, 0.2) is 77.1 Å². The van der Waals surface area contributed by atoms with Crippen molar-refractivity contribution in [1.82, 2.24) is 21.0 Å². The lowest BCUT2D eigenvalue weighted by Gasteiger charge is -2.36. The van der Waals surface area contributed by atoms with Gasteiger partial charge in [-0.05, 0) is 53.6 Å². The highest BCUT2D eigenvalue weighted by Gasteiger charge is 2.32. The Morgan fingerprint density at radius 2 is 1.65 bits per heavy atom. The van der Waals surface area contributed by atoms with E-state index < -0.39 is 12.2 Å². The van der Waals surface area contributed by atoms with E-state index in [4.69, 9.17) is 14.7 Å². The molecule has 0 unspecified atom stereocenters. The average molecular weight is 663 g/mol. The Hall–Kier alpha value is -3.65. The standard InChI is InChI=1S/C34H38N4O6S2/c1-22-36-37-34(46-22)45-21-29-18-30(26-11-9-23(20-39)10-12-26)44-33(43-29)27-15-13-25(14-16-27)28-6-4-5-24(17-28)19-35-31(40)7-2-3-8-32(41)38-42/h4-6,9-17,29-30,33,39,42H,2-3,7-8,18-21H2,1H3,(H,35,40)(H,38,41)/t29-,30+,33+/m0/s1. The lowest BCUT2D eigenvalue weighted by atomic mass is 9.99. The quantitative estimate of drug-likeness (QED) is 0.0551. The second kappa shape index (κ2) is 16.8. The number of aliphatic hydroxyl groups is 1. The maximum absolute atomic E-state index is 12.3. The highest BCUT2D eigenvalue weighted by atomic mass is 32.2.